The van der Waals surface area contributed by atoms with Crippen LogP contribution in [0.2, 0.25) is 0 Å². The van der Waals surface area contributed by atoms with Gasteiger partial charge in [-0.3, -0.25) is 0 Å². The van der Waals surface area contributed by atoms with E-state index in [4.69, 9.17) is 14.5 Å². The summed E-state index contributed by atoms with van der Waals surface area (Å²) in [5.41, 5.74) is 3.45. The Morgan fingerprint density at radius 2 is 1.94 bits per heavy atom. The van der Waals surface area contributed by atoms with E-state index in [1.165, 1.54) is 25.9 Å². The number of benzene rings is 2. The minimum atomic E-state index is 0.612. The highest BCUT2D eigenvalue weighted by Crippen LogP contribution is 2.35. The van der Waals surface area contributed by atoms with Gasteiger partial charge in [0.25, 0.3) is 0 Å². The fourth-order valence-electron chi connectivity index (χ4n) is 4.25. The van der Waals surface area contributed by atoms with Crippen molar-refractivity contribution in [3.8, 4) is 17.6 Å². The third-order valence-electron chi connectivity index (χ3n) is 6.09. The first-order chi connectivity index (χ1) is 15.0. The zero-order valence-electron chi connectivity index (χ0n) is 18.6. The Morgan fingerprint density at radius 3 is 2.61 bits per heavy atom. The van der Waals surface area contributed by atoms with Crippen LogP contribution in [0.1, 0.15) is 36.1 Å². The first-order valence-electron chi connectivity index (χ1n) is 10.9. The zero-order valence-corrected chi connectivity index (χ0v) is 18.6. The zero-order chi connectivity index (χ0) is 21.8. The Bertz CT molecular complexity index is 1060. The quantitative estimate of drug-likeness (QED) is 0.547. The van der Waals surface area contributed by atoms with E-state index in [0.717, 1.165) is 46.7 Å². The van der Waals surface area contributed by atoms with Gasteiger partial charge in [0.1, 0.15) is 11.5 Å². The summed E-state index contributed by atoms with van der Waals surface area (Å²) in [4.78, 5) is 4.51. The van der Waals surface area contributed by atoms with E-state index in [1.807, 2.05) is 32.3 Å². The molecule has 0 N–H and O–H groups in total. The fraction of sp³-hybridized carbons (Fsp3) is 0.417. The second-order valence-corrected chi connectivity index (χ2v) is 8.81. The highest BCUT2D eigenvalue weighted by Gasteiger charge is 2.20. The summed E-state index contributed by atoms with van der Waals surface area (Å²) in [5, 5.41) is 14.5. The van der Waals surface area contributed by atoms with Crippen molar-refractivity contribution >= 4 is 19.0 Å². The molecule has 0 atom stereocenters. The van der Waals surface area contributed by atoms with E-state index >= 15 is 0 Å². The predicted molar refractivity (Wildman–Crippen MR) is 124 cm³/mol. The molecular weight excluding hydrogens is 387 g/mol. The summed E-state index contributed by atoms with van der Waals surface area (Å²) in [6.45, 7) is 3.06. The first kappa shape index (κ1) is 21.4. The molecule has 0 bridgehead atoms. The summed E-state index contributed by atoms with van der Waals surface area (Å²) in [6, 6.07) is 13.4. The van der Waals surface area contributed by atoms with Crippen LogP contribution in [0.5, 0.6) is 11.5 Å². The van der Waals surface area contributed by atoms with Crippen LogP contribution >= 0.6 is 0 Å². The molecule has 0 saturated carbocycles. The average Bonchev–Trinajstić information content (AvgIpc) is 3.18. The summed E-state index contributed by atoms with van der Waals surface area (Å²) < 4.78 is 12.0. The number of fused-ring (bicyclic) bond motifs is 1. The molecule has 0 radical (unpaired) electrons. The molecule has 1 aromatic heterocycles. The van der Waals surface area contributed by atoms with E-state index in [0.29, 0.717) is 17.9 Å². The van der Waals surface area contributed by atoms with Crippen LogP contribution in [0.3, 0.4) is 0 Å². The minimum absolute atomic E-state index is 0.612. The molecular formula is C24H29BN4O2. The van der Waals surface area contributed by atoms with Gasteiger partial charge in [-0.05, 0) is 95.2 Å². The van der Waals surface area contributed by atoms with Crippen LogP contribution in [0, 0.1) is 17.2 Å². The SMILES string of the molecule is BN1CCC(CCc2noc3c(CN(C)C)c(Oc4ccc(C#N)cc4)ccc23)CC1. The molecule has 2 heterocycles. The molecule has 0 amide bonds. The standard InChI is InChI=1S/C24H29BN4O2/c1-28(2)16-21-23(30-19-6-3-18(15-26)4-7-19)10-8-20-22(27-31-24(20)21)9-5-17-11-13-29(25)14-12-17/h3-4,6-8,10,17H,5,9,11-14,16,25H2,1-2H3. The highest BCUT2D eigenvalue weighted by atomic mass is 16.5. The van der Waals surface area contributed by atoms with Gasteiger partial charge in [-0.25, -0.2) is 0 Å². The van der Waals surface area contributed by atoms with Gasteiger partial charge in [0.2, 0.25) is 0 Å². The van der Waals surface area contributed by atoms with Crippen molar-refractivity contribution in [1.82, 2.24) is 14.9 Å². The number of nitrogens with zero attached hydrogens (tertiary/aromatic N) is 4. The van der Waals surface area contributed by atoms with E-state index in [2.05, 4.69) is 35.0 Å². The minimum Gasteiger partial charge on any atom is -0.457 e. The molecule has 0 aliphatic carbocycles. The summed E-state index contributed by atoms with van der Waals surface area (Å²) in [6.07, 6.45) is 4.63. The van der Waals surface area contributed by atoms with E-state index in [9.17, 15) is 0 Å². The van der Waals surface area contributed by atoms with Crippen LogP contribution in [0.15, 0.2) is 40.9 Å². The number of aromatic nitrogens is 1. The Balaban J connectivity index is 1.57. The van der Waals surface area contributed by atoms with Crippen LogP contribution in [0.4, 0.5) is 0 Å². The molecule has 3 aromatic rings. The second-order valence-electron chi connectivity index (χ2n) is 8.81. The van der Waals surface area contributed by atoms with Gasteiger partial charge in [0.15, 0.2) is 13.6 Å². The number of aryl methyl sites for hydroxylation is 1. The van der Waals surface area contributed by atoms with Gasteiger partial charge >= 0.3 is 0 Å². The number of rotatable bonds is 7. The molecule has 31 heavy (non-hydrogen) atoms. The van der Waals surface area contributed by atoms with Gasteiger partial charge in [0.05, 0.1) is 22.9 Å². The summed E-state index contributed by atoms with van der Waals surface area (Å²) in [7, 11) is 6.26. The first-order valence-corrected chi connectivity index (χ1v) is 10.9. The third-order valence-corrected chi connectivity index (χ3v) is 6.09. The van der Waals surface area contributed by atoms with Gasteiger partial charge < -0.3 is 19.0 Å². The maximum absolute atomic E-state index is 9.00. The molecule has 4 rings (SSSR count). The molecule has 1 fully saturated rings. The molecule has 160 valence electrons. The van der Waals surface area contributed by atoms with Crippen molar-refractivity contribution in [3.05, 3.63) is 53.2 Å². The molecule has 1 saturated heterocycles. The van der Waals surface area contributed by atoms with Gasteiger partial charge in [-0.1, -0.05) is 5.16 Å². The Morgan fingerprint density at radius 1 is 1.19 bits per heavy atom. The van der Waals surface area contributed by atoms with Gasteiger partial charge in [-0.15, -0.1) is 0 Å². The number of hydrogen-bond acceptors (Lipinski definition) is 6. The lowest BCUT2D eigenvalue weighted by Crippen LogP contribution is -2.31. The van der Waals surface area contributed by atoms with Crippen molar-refractivity contribution in [2.24, 2.45) is 5.92 Å². The number of hydrogen-bond donors (Lipinski definition) is 0. The monoisotopic (exact) mass is 416 g/mol. The normalized spacial score (nSPS) is 15.4. The maximum atomic E-state index is 9.00. The Hall–Kier alpha value is -2.82. The lowest BCUT2D eigenvalue weighted by molar-refractivity contribution is 0.270. The molecule has 6 nitrogen and oxygen atoms in total. The lowest BCUT2D eigenvalue weighted by atomic mass is 9.90. The average molecular weight is 416 g/mol. The lowest BCUT2D eigenvalue weighted by Gasteiger charge is -2.29. The van der Waals surface area contributed by atoms with E-state index < -0.39 is 0 Å². The third kappa shape index (κ3) is 5.09. The van der Waals surface area contributed by atoms with Crippen LogP contribution in [-0.4, -0.2) is 50.0 Å². The molecule has 1 aliphatic rings. The topological polar surface area (TPSA) is 65.5 Å². The smallest absolute Gasteiger partial charge is 0.185 e. The van der Waals surface area contributed by atoms with E-state index in [-0.39, 0.29) is 0 Å². The summed E-state index contributed by atoms with van der Waals surface area (Å²) in [5.74, 6) is 2.22. The fourth-order valence-corrected chi connectivity index (χ4v) is 4.25. The van der Waals surface area contributed by atoms with Gasteiger partial charge in [-0.2, -0.15) is 5.26 Å². The maximum Gasteiger partial charge on any atom is 0.185 e. The molecule has 1 aliphatic heterocycles. The van der Waals surface area contributed by atoms with Crippen molar-refractivity contribution in [2.45, 2.75) is 32.2 Å². The van der Waals surface area contributed by atoms with Crippen LogP contribution in [-0.2, 0) is 13.0 Å². The van der Waals surface area contributed by atoms with Crippen LogP contribution in [0.25, 0.3) is 11.0 Å². The Labute approximate surface area is 184 Å². The van der Waals surface area contributed by atoms with Gasteiger partial charge in [0, 0.05) is 11.9 Å². The molecule has 7 heteroatoms. The number of piperidine rings is 1. The van der Waals surface area contributed by atoms with Crippen molar-refractivity contribution < 1.29 is 9.26 Å². The van der Waals surface area contributed by atoms with Crippen LogP contribution < -0.4 is 4.74 Å². The number of nitriles is 1. The molecule has 0 unspecified atom stereocenters. The largest absolute Gasteiger partial charge is 0.457 e. The van der Waals surface area contributed by atoms with E-state index in [1.54, 1.807) is 12.1 Å². The Kier molecular flexibility index (Phi) is 6.60. The number of ether oxygens (including phenoxy) is 1. The van der Waals surface area contributed by atoms with Crippen molar-refractivity contribution in [3.63, 3.8) is 0 Å². The highest BCUT2D eigenvalue weighted by molar-refractivity contribution is 6.04. The molecule has 0 spiro atoms. The van der Waals surface area contributed by atoms with Crippen molar-refractivity contribution in [1.29, 1.82) is 5.26 Å². The molecule has 2 aromatic carbocycles. The summed E-state index contributed by atoms with van der Waals surface area (Å²) >= 11 is 0. The predicted octanol–water partition coefficient (Wildman–Crippen LogP) is 3.75. The van der Waals surface area contributed by atoms with Crippen molar-refractivity contribution in [2.75, 3.05) is 27.2 Å². The second kappa shape index (κ2) is 9.55.